The van der Waals surface area contributed by atoms with Crippen molar-refractivity contribution in [3.05, 3.63) is 0 Å². The number of hydrogen-bond donors (Lipinski definition) is 1. The third kappa shape index (κ3) is 2.52. The van der Waals surface area contributed by atoms with Gasteiger partial charge in [0.1, 0.15) is 0 Å². The number of aliphatic hydroxyl groups excluding tert-OH is 1. The number of likely N-dealkylation sites (N-methyl/N-ethyl adjacent to an activating group) is 2. The minimum absolute atomic E-state index is 0.0813. The van der Waals surface area contributed by atoms with E-state index in [2.05, 4.69) is 23.9 Å². The maximum absolute atomic E-state index is 9.90. The first kappa shape index (κ1) is 11.4. The molecule has 0 aromatic carbocycles. The summed E-state index contributed by atoms with van der Waals surface area (Å²) >= 11 is 0. The van der Waals surface area contributed by atoms with Crippen LogP contribution >= 0.6 is 0 Å². The Kier molecular flexibility index (Phi) is 3.65. The molecular weight excluding hydrogens is 188 g/mol. The second-order valence-corrected chi connectivity index (χ2v) is 5.29. The fraction of sp³-hybridized carbons (Fsp3) is 1.00. The van der Waals surface area contributed by atoms with Crippen LogP contribution in [0.5, 0.6) is 0 Å². The average Bonchev–Trinajstić information content (AvgIpc) is 2.63. The van der Waals surface area contributed by atoms with E-state index in [0.717, 1.165) is 6.42 Å². The predicted molar refractivity (Wildman–Crippen MR) is 61.9 cm³/mol. The highest BCUT2D eigenvalue weighted by Gasteiger charge is 2.33. The largest absolute Gasteiger partial charge is 0.391 e. The van der Waals surface area contributed by atoms with Crippen LogP contribution in [-0.4, -0.2) is 60.3 Å². The highest BCUT2D eigenvalue weighted by Crippen LogP contribution is 2.26. The molecule has 3 heteroatoms. The molecule has 0 bridgehead atoms. The van der Waals surface area contributed by atoms with E-state index in [1.165, 1.54) is 38.8 Å². The Balaban J connectivity index is 1.91. The molecule has 3 atom stereocenters. The smallest absolute Gasteiger partial charge is 0.0695 e. The van der Waals surface area contributed by atoms with Crippen molar-refractivity contribution in [3.63, 3.8) is 0 Å². The van der Waals surface area contributed by atoms with Crippen molar-refractivity contribution in [3.8, 4) is 0 Å². The number of nitrogens with zero attached hydrogens (tertiary/aromatic N) is 2. The summed E-state index contributed by atoms with van der Waals surface area (Å²) < 4.78 is 0. The van der Waals surface area contributed by atoms with E-state index in [1.807, 2.05) is 0 Å². The molecule has 88 valence electrons. The molecule has 1 saturated carbocycles. The molecule has 0 radical (unpaired) electrons. The lowest BCUT2D eigenvalue weighted by atomic mass is 10.0. The van der Waals surface area contributed by atoms with E-state index in [1.54, 1.807) is 0 Å². The van der Waals surface area contributed by atoms with Gasteiger partial charge in [-0.1, -0.05) is 0 Å². The Labute approximate surface area is 93.1 Å². The van der Waals surface area contributed by atoms with Crippen LogP contribution in [0.1, 0.15) is 32.1 Å². The first-order valence-corrected chi connectivity index (χ1v) is 6.27. The standard InChI is InChI=1S/C12H24N2O/c1-13-8-4-5-10(9-13)14(2)11-6-3-7-12(11)15/h10-12,15H,3-9H2,1-2H3/t10?,11-,12-/m1/s1. The number of likely N-dealkylation sites (tertiary alicyclic amines) is 1. The van der Waals surface area contributed by atoms with Gasteiger partial charge in [-0.3, -0.25) is 4.90 Å². The molecule has 1 aliphatic heterocycles. The topological polar surface area (TPSA) is 26.7 Å². The number of piperidine rings is 1. The second-order valence-electron chi connectivity index (χ2n) is 5.29. The summed E-state index contributed by atoms with van der Waals surface area (Å²) in [6.07, 6.45) is 5.88. The Hall–Kier alpha value is -0.120. The SMILES string of the molecule is CN1CCCC(N(C)[C@@H]2CCC[C@H]2O)C1. The van der Waals surface area contributed by atoms with Crippen molar-refractivity contribution in [1.82, 2.24) is 9.80 Å². The summed E-state index contributed by atoms with van der Waals surface area (Å²) in [5, 5.41) is 9.90. The van der Waals surface area contributed by atoms with Crippen molar-refractivity contribution >= 4 is 0 Å². The van der Waals surface area contributed by atoms with Crippen molar-refractivity contribution in [1.29, 1.82) is 0 Å². The molecule has 0 aromatic rings. The van der Waals surface area contributed by atoms with Crippen LogP contribution in [0.4, 0.5) is 0 Å². The van der Waals surface area contributed by atoms with E-state index in [0.29, 0.717) is 12.1 Å². The number of hydrogen-bond acceptors (Lipinski definition) is 3. The van der Waals surface area contributed by atoms with Crippen LogP contribution in [0, 0.1) is 0 Å². The Morgan fingerprint density at radius 1 is 1.20 bits per heavy atom. The zero-order chi connectivity index (χ0) is 10.8. The maximum atomic E-state index is 9.90. The summed E-state index contributed by atoms with van der Waals surface area (Å²) in [4.78, 5) is 4.85. The van der Waals surface area contributed by atoms with E-state index in [4.69, 9.17) is 0 Å². The lowest BCUT2D eigenvalue weighted by molar-refractivity contribution is 0.0370. The van der Waals surface area contributed by atoms with Crippen molar-refractivity contribution < 1.29 is 5.11 Å². The summed E-state index contributed by atoms with van der Waals surface area (Å²) in [6.45, 7) is 2.40. The Morgan fingerprint density at radius 3 is 2.60 bits per heavy atom. The summed E-state index contributed by atoms with van der Waals surface area (Å²) in [6, 6.07) is 1.07. The minimum atomic E-state index is -0.0813. The van der Waals surface area contributed by atoms with Gasteiger partial charge in [0.15, 0.2) is 0 Å². The van der Waals surface area contributed by atoms with Gasteiger partial charge in [-0.15, -0.1) is 0 Å². The highest BCUT2D eigenvalue weighted by molar-refractivity contribution is 4.89. The third-order valence-electron chi connectivity index (χ3n) is 4.14. The van der Waals surface area contributed by atoms with Crippen LogP contribution in [0.15, 0.2) is 0 Å². The molecule has 2 rings (SSSR count). The number of rotatable bonds is 2. The average molecular weight is 212 g/mol. The van der Waals surface area contributed by atoms with Gasteiger partial charge >= 0.3 is 0 Å². The minimum Gasteiger partial charge on any atom is -0.391 e. The molecule has 0 amide bonds. The molecule has 1 heterocycles. The van der Waals surface area contributed by atoms with Gasteiger partial charge in [-0.2, -0.15) is 0 Å². The van der Waals surface area contributed by atoms with Crippen molar-refractivity contribution in [2.24, 2.45) is 0 Å². The van der Waals surface area contributed by atoms with E-state index < -0.39 is 0 Å². The first-order chi connectivity index (χ1) is 7.18. The first-order valence-electron chi connectivity index (χ1n) is 6.27. The molecule has 2 aliphatic rings. The van der Waals surface area contributed by atoms with E-state index >= 15 is 0 Å². The van der Waals surface area contributed by atoms with Gasteiger partial charge in [-0.05, 0) is 52.7 Å². The molecule has 3 nitrogen and oxygen atoms in total. The molecule has 1 unspecified atom stereocenters. The third-order valence-corrected chi connectivity index (χ3v) is 4.14. The van der Waals surface area contributed by atoms with Crippen LogP contribution in [0.2, 0.25) is 0 Å². The van der Waals surface area contributed by atoms with Crippen molar-refractivity contribution in [2.45, 2.75) is 50.3 Å². The van der Waals surface area contributed by atoms with Crippen LogP contribution in [-0.2, 0) is 0 Å². The molecule has 1 N–H and O–H groups in total. The summed E-state index contributed by atoms with van der Waals surface area (Å²) in [5.74, 6) is 0. The fourth-order valence-electron chi connectivity index (χ4n) is 3.14. The monoisotopic (exact) mass is 212 g/mol. The molecule has 0 spiro atoms. The summed E-state index contributed by atoms with van der Waals surface area (Å²) in [5.41, 5.74) is 0. The fourth-order valence-corrected chi connectivity index (χ4v) is 3.14. The predicted octanol–water partition coefficient (Wildman–Crippen LogP) is 0.926. The van der Waals surface area contributed by atoms with Crippen LogP contribution in [0.25, 0.3) is 0 Å². The maximum Gasteiger partial charge on any atom is 0.0695 e. The quantitative estimate of drug-likeness (QED) is 0.737. The molecule has 1 aliphatic carbocycles. The van der Waals surface area contributed by atoms with Gasteiger partial charge in [0.05, 0.1) is 6.10 Å². The van der Waals surface area contributed by atoms with Gasteiger partial charge in [-0.25, -0.2) is 0 Å². The molecule has 0 aromatic heterocycles. The van der Waals surface area contributed by atoms with E-state index in [-0.39, 0.29) is 6.10 Å². The van der Waals surface area contributed by atoms with Gasteiger partial charge in [0, 0.05) is 18.6 Å². The normalized spacial score (nSPS) is 38.8. The zero-order valence-corrected chi connectivity index (χ0v) is 10.0. The van der Waals surface area contributed by atoms with E-state index in [9.17, 15) is 5.11 Å². The summed E-state index contributed by atoms with van der Waals surface area (Å²) in [7, 11) is 4.40. The molecule has 1 saturated heterocycles. The lowest BCUT2D eigenvalue weighted by Crippen LogP contribution is -2.50. The van der Waals surface area contributed by atoms with Gasteiger partial charge < -0.3 is 10.0 Å². The van der Waals surface area contributed by atoms with Crippen LogP contribution in [0.3, 0.4) is 0 Å². The highest BCUT2D eigenvalue weighted by atomic mass is 16.3. The molecular formula is C12H24N2O. The van der Waals surface area contributed by atoms with Crippen LogP contribution < -0.4 is 0 Å². The zero-order valence-electron chi connectivity index (χ0n) is 10.0. The molecule has 15 heavy (non-hydrogen) atoms. The Morgan fingerprint density at radius 2 is 2.00 bits per heavy atom. The second kappa shape index (κ2) is 4.81. The Bertz CT molecular complexity index is 210. The lowest BCUT2D eigenvalue weighted by Gasteiger charge is -2.39. The van der Waals surface area contributed by atoms with Gasteiger partial charge in [0.2, 0.25) is 0 Å². The number of aliphatic hydroxyl groups is 1. The van der Waals surface area contributed by atoms with Crippen molar-refractivity contribution in [2.75, 3.05) is 27.2 Å². The molecule has 2 fully saturated rings. The van der Waals surface area contributed by atoms with Gasteiger partial charge in [0.25, 0.3) is 0 Å².